The summed E-state index contributed by atoms with van der Waals surface area (Å²) in [4.78, 5) is 2.40. The highest BCUT2D eigenvalue weighted by atomic mass is 79.9. The van der Waals surface area contributed by atoms with Crippen molar-refractivity contribution >= 4 is 21.6 Å². The summed E-state index contributed by atoms with van der Waals surface area (Å²) < 4.78 is 1.20. The summed E-state index contributed by atoms with van der Waals surface area (Å²) in [5, 5.41) is 3.18. The molecule has 0 aromatic heterocycles. The first-order valence-electron chi connectivity index (χ1n) is 5.88. The van der Waals surface area contributed by atoms with Crippen molar-refractivity contribution in [2.75, 3.05) is 19.0 Å². The lowest BCUT2D eigenvalue weighted by Crippen LogP contribution is -2.37. The maximum absolute atomic E-state index is 3.64. The molecule has 0 heterocycles. The highest BCUT2D eigenvalue weighted by Gasteiger charge is 2.22. The van der Waals surface area contributed by atoms with Gasteiger partial charge in [0, 0.05) is 29.8 Å². The third kappa shape index (κ3) is 2.41. The Balaban J connectivity index is 2.13. The zero-order chi connectivity index (χ0) is 11.5. The van der Waals surface area contributed by atoms with E-state index in [-0.39, 0.29) is 0 Å². The smallest absolute Gasteiger partial charge is 0.0377 e. The maximum Gasteiger partial charge on any atom is 0.0377 e. The highest BCUT2D eigenvalue weighted by molar-refractivity contribution is 9.10. The van der Waals surface area contributed by atoms with Crippen molar-refractivity contribution in [1.82, 2.24) is 5.32 Å². The van der Waals surface area contributed by atoms with Gasteiger partial charge in [-0.05, 0) is 44.0 Å². The van der Waals surface area contributed by atoms with Crippen LogP contribution in [-0.2, 0) is 6.54 Å². The molecular formula is C13H19BrN2. The van der Waals surface area contributed by atoms with Crippen molar-refractivity contribution < 1.29 is 0 Å². The normalized spacial score (nSPS) is 15.9. The van der Waals surface area contributed by atoms with Gasteiger partial charge >= 0.3 is 0 Å². The van der Waals surface area contributed by atoms with Gasteiger partial charge in [0.15, 0.2) is 0 Å². The molecule has 0 saturated heterocycles. The van der Waals surface area contributed by atoms with Gasteiger partial charge in [0.1, 0.15) is 0 Å². The fourth-order valence-electron chi connectivity index (χ4n) is 2.07. The molecule has 0 unspecified atom stereocenters. The zero-order valence-corrected chi connectivity index (χ0v) is 11.5. The molecule has 1 aromatic carbocycles. The topological polar surface area (TPSA) is 15.3 Å². The third-order valence-electron chi connectivity index (χ3n) is 3.43. The van der Waals surface area contributed by atoms with Gasteiger partial charge < -0.3 is 10.2 Å². The lowest BCUT2D eigenvalue weighted by molar-refractivity contribution is 0.401. The van der Waals surface area contributed by atoms with E-state index in [0.29, 0.717) is 0 Å². The molecule has 0 bridgehead atoms. The number of nitrogens with one attached hydrogen (secondary N) is 1. The summed E-state index contributed by atoms with van der Waals surface area (Å²) >= 11 is 3.64. The zero-order valence-electron chi connectivity index (χ0n) is 9.96. The van der Waals surface area contributed by atoms with Gasteiger partial charge in [-0.1, -0.05) is 22.0 Å². The quantitative estimate of drug-likeness (QED) is 0.913. The molecule has 2 nitrogen and oxygen atoms in total. The van der Waals surface area contributed by atoms with E-state index in [1.54, 1.807) is 0 Å². The van der Waals surface area contributed by atoms with Gasteiger partial charge in [-0.2, -0.15) is 0 Å². The summed E-state index contributed by atoms with van der Waals surface area (Å²) in [5.41, 5.74) is 2.63. The SMILES string of the molecule is CNCc1ccc(N(C)C2CCC2)cc1Br. The predicted octanol–water partition coefficient (Wildman–Crippen LogP) is 3.16. The van der Waals surface area contributed by atoms with Gasteiger partial charge in [0.2, 0.25) is 0 Å². The highest BCUT2D eigenvalue weighted by Crippen LogP contribution is 2.30. The molecular weight excluding hydrogens is 264 g/mol. The van der Waals surface area contributed by atoms with Crippen molar-refractivity contribution in [3.63, 3.8) is 0 Å². The molecule has 0 atom stereocenters. The summed E-state index contributed by atoms with van der Waals surface area (Å²) in [7, 11) is 4.17. The van der Waals surface area contributed by atoms with E-state index in [1.165, 1.54) is 35.0 Å². The van der Waals surface area contributed by atoms with Gasteiger partial charge in [0.05, 0.1) is 0 Å². The average molecular weight is 283 g/mol. The van der Waals surface area contributed by atoms with E-state index < -0.39 is 0 Å². The van der Waals surface area contributed by atoms with E-state index in [2.05, 4.69) is 51.4 Å². The van der Waals surface area contributed by atoms with Crippen LogP contribution in [-0.4, -0.2) is 20.1 Å². The molecule has 88 valence electrons. The first-order valence-corrected chi connectivity index (χ1v) is 6.67. The van der Waals surface area contributed by atoms with Crippen molar-refractivity contribution in [3.05, 3.63) is 28.2 Å². The first kappa shape index (κ1) is 11.9. The third-order valence-corrected chi connectivity index (χ3v) is 4.17. The standard InChI is InChI=1S/C13H19BrN2/c1-15-9-10-6-7-12(8-13(10)14)16(2)11-4-3-5-11/h6-8,11,15H,3-5,9H2,1-2H3. The minimum absolute atomic E-state index is 0.752. The molecule has 0 aliphatic heterocycles. The second-order valence-corrected chi connectivity index (χ2v) is 5.36. The lowest BCUT2D eigenvalue weighted by atomic mass is 9.91. The fourth-order valence-corrected chi connectivity index (χ4v) is 2.58. The first-order chi connectivity index (χ1) is 7.72. The van der Waals surface area contributed by atoms with E-state index in [1.807, 2.05) is 7.05 Å². The summed E-state index contributed by atoms with van der Waals surface area (Å²) in [6.45, 7) is 0.911. The van der Waals surface area contributed by atoms with Crippen molar-refractivity contribution in [2.24, 2.45) is 0 Å². The van der Waals surface area contributed by atoms with Crippen molar-refractivity contribution in [2.45, 2.75) is 31.8 Å². The number of hydrogen-bond acceptors (Lipinski definition) is 2. The minimum Gasteiger partial charge on any atom is -0.372 e. The van der Waals surface area contributed by atoms with Gasteiger partial charge in [0.25, 0.3) is 0 Å². The molecule has 0 amide bonds. The van der Waals surface area contributed by atoms with Gasteiger partial charge in [-0.15, -0.1) is 0 Å². The maximum atomic E-state index is 3.64. The van der Waals surface area contributed by atoms with Crippen LogP contribution in [0.1, 0.15) is 24.8 Å². The molecule has 1 aromatic rings. The van der Waals surface area contributed by atoms with Crippen LogP contribution < -0.4 is 10.2 Å². The Hall–Kier alpha value is -0.540. The Bertz CT molecular complexity index is 361. The van der Waals surface area contributed by atoms with Crippen LogP contribution in [0.15, 0.2) is 22.7 Å². The van der Waals surface area contributed by atoms with E-state index >= 15 is 0 Å². The fraction of sp³-hybridized carbons (Fsp3) is 0.538. The van der Waals surface area contributed by atoms with Crippen LogP contribution in [0.4, 0.5) is 5.69 Å². The van der Waals surface area contributed by atoms with Crippen LogP contribution in [0.2, 0.25) is 0 Å². The number of hydrogen-bond donors (Lipinski definition) is 1. The van der Waals surface area contributed by atoms with Crippen LogP contribution in [0.5, 0.6) is 0 Å². The average Bonchev–Trinajstić information content (AvgIpc) is 2.18. The number of nitrogens with zero attached hydrogens (tertiary/aromatic N) is 1. The molecule has 1 saturated carbocycles. The summed E-state index contributed by atoms with van der Waals surface area (Å²) in [6.07, 6.45) is 4.06. The monoisotopic (exact) mass is 282 g/mol. The predicted molar refractivity (Wildman–Crippen MR) is 72.9 cm³/mol. The Morgan fingerprint density at radius 2 is 2.19 bits per heavy atom. The van der Waals surface area contributed by atoms with Gasteiger partial charge in [-0.25, -0.2) is 0 Å². The molecule has 1 aliphatic rings. The molecule has 16 heavy (non-hydrogen) atoms. The van der Waals surface area contributed by atoms with E-state index in [0.717, 1.165) is 12.6 Å². The van der Waals surface area contributed by atoms with Crippen LogP contribution in [0.3, 0.4) is 0 Å². The molecule has 1 N–H and O–H groups in total. The molecule has 0 radical (unpaired) electrons. The molecule has 0 spiro atoms. The second-order valence-electron chi connectivity index (χ2n) is 4.50. The minimum atomic E-state index is 0.752. The van der Waals surface area contributed by atoms with Gasteiger partial charge in [-0.3, -0.25) is 0 Å². The van der Waals surface area contributed by atoms with E-state index in [4.69, 9.17) is 0 Å². The van der Waals surface area contributed by atoms with Crippen LogP contribution in [0, 0.1) is 0 Å². The van der Waals surface area contributed by atoms with Crippen LogP contribution in [0.25, 0.3) is 0 Å². The number of benzene rings is 1. The number of anilines is 1. The molecule has 1 fully saturated rings. The van der Waals surface area contributed by atoms with E-state index in [9.17, 15) is 0 Å². The molecule has 2 rings (SSSR count). The van der Waals surface area contributed by atoms with Crippen molar-refractivity contribution in [3.8, 4) is 0 Å². The second kappa shape index (κ2) is 5.19. The Kier molecular flexibility index (Phi) is 3.87. The summed E-state index contributed by atoms with van der Waals surface area (Å²) in [5.74, 6) is 0. The van der Waals surface area contributed by atoms with Crippen LogP contribution >= 0.6 is 15.9 Å². The largest absolute Gasteiger partial charge is 0.372 e. The molecule has 3 heteroatoms. The van der Waals surface area contributed by atoms with Crippen molar-refractivity contribution in [1.29, 1.82) is 0 Å². The number of halogens is 1. The Labute approximate surface area is 106 Å². The Morgan fingerprint density at radius 3 is 2.69 bits per heavy atom. The number of rotatable bonds is 4. The summed E-state index contributed by atoms with van der Waals surface area (Å²) in [6, 6.07) is 7.40. The Morgan fingerprint density at radius 1 is 1.44 bits per heavy atom. The molecule has 1 aliphatic carbocycles. The lowest BCUT2D eigenvalue weighted by Gasteiger charge is -2.36.